The molecule has 0 atom stereocenters. The van der Waals surface area contributed by atoms with Gasteiger partial charge in [0.05, 0.1) is 11.4 Å². The molecular formula is C23H25N3O3S. The molecule has 7 heteroatoms. The highest BCUT2D eigenvalue weighted by Gasteiger charge is 2.28. The number of hydrogen-bond acceptors (Lipinski definition) is 3. The number of nitrogens with zero attached hydrogens (tertiary/aromatic N) is 2. The largest absolute Gasteiger partial charge is 0.352 e. The summed E-state index contributed by atoms with van der Waals surface area (Å²) in [4.78, 5) is 12.1. The zero-order valence-electron chi connectivity index (χ0n) is 16.7. The van der Waals surface area contributed by atoms with Gasteiger partial charge in [-0.05, 0) is 54.1 Å². The van der Waals surface area contributed by atoms with Crippen LogP contribution in [0.2, 0.25) is 0 Å². The van der Waals surface area contributed by atoms with E-state index in [9.17, 15) is 13.2 Å². The highest BCUT2D eigenvalue weighted by Crippen LogP contribution is 2.24. The van der Waals surface area contributed by atoms with Gasteiger partial charge in [0.2, 0.25) is 15.9 Å². The van der Waals surface area contributed by atoms with E-state index in [4.69, 9.17) is 0 Å². The third-order valence-electron chi connectivity index (χ3n) is 5.26. The first-order valence-electron chi connectivity index (χ1n) is 10.1. The third-order valence-corrected chi connectivity index (χ3v) is 7.13. The summed E-state index contributed by atoms with van der Waals surface area (Å²) in [6.07, 6.45) is 6.81. The number of nitrogens with one attached hydrogen (secondary N) is 1. The maximum Gasteiger partial charge on any atom is 0.244 e. The first-order chi connectivity index (χ1) is 14.5. The number of anilines is 1. The molecule has 1 aliphatic heterocycles. The number of benzene rings is 2. The number of carbonyl (C=O) groups excluding carboxylic acids is 1. The Labute approximate surface area is 176 Å². The van der Waals surface area contributed by atoms with E-state index in [1.807, 2.05) is 24.3 Å². The van der Waals surface area contributed by atoms with Crippen molar-refractivity contribution in [3.63, 3.8) is 0 Å². The van der Waals surface area contributed by atoms with Crippen molar-refractivity contribution in [2.24, 2.45) is 0 Å². The first-order valence-corrected chi connectivity index (χ1v) is 11.7. The highest BCUT2D eigenvalue weighted by molar-refractivity contribution is 7.93. The monoisotopic (exact) mass is 423 g/mol. The average Bonchev–Trinajstić information content (AvgIpc) is 3.32. The Bertz CT molecular complexity index is 1160. The molecule has 1 saturated heterocycles. The molecule has 0 saturated carbocycles. The molecule has 3 aromatic rings. The number of aryl methyl sites for hydroxylation is 1. The van der Waals surface area contributed by atoms with Gasteiger partial charge >= 0.3 is 0 Å². The van der Waals surface area contributed by atoms with E-state index < -0.39 is 10.0 Å². The van der Waals surface area contributed by atoms with Gasteiger partial charge in [-0.2, -0.15) is 0 Å². The van der Waals surface area contributed by atoms with Crippen LogP contribution in [0, 0.1) is 0 Å². The summed E-state index contributed by atoms with van der Waals surface area (Å²) in [5, 5.41) is 4.12. The summed E-state index contributed by atoms with van der Waals surface area (Å²) < 4.78 is 27.6. The maximum atomic E-state index is 12.1. The van der Waals surface area contributed by atoms with Crippen LogP contribution in [0.4, 0.5) is 5.69 Å². The average molecular weight is 424 g/mol. The fourth-order valence-corrected chi connectivity index (χ4v) is 5.27. The van der Waals surface area contributed by atoms with Crippen LogP contribution < -0.4 is 9.62 Å². The van der Waals surface area contributed by atoms with Crippen LogP contribution in [0.15, 0.2) is 66.9 Å². The van der Waals surface area contributed by atoms with Crippen LogP contribution in [0.1, 0.15) is 18.4 Å². The van der Waals surface area contributed by atoms with E-state index in [-0.39, 0.29) is 11.7 Å². The molecule has 1 aliphatic rings. The van der Waals surface area contributed by atoms with Crippen molar-refractivity contribution < 1.29 is 13.2 Å². The van der Waals surface area contributed by atoms with Gasteiger partial charge in [0, 0.05) is 37.4 Å². The standard InChI is InChI=1S/C23H25N3O3S/c27-23(24-14-3-15-25-17-13-20-5-1-2-6-22(20)25)12-9-19-7-10-21(11-8-19)26-16-4-18-30(26,28)29/h1-2,5-13,17H,3-4,14-16,18H2,(H,24,27)/b12-9+. The summed E-state index contributed by atoms with van der Waals surface area (Å²) in [6, 6.07) is 17.6. The maximum absolute atomic E-state index is 12.1. The molecule has 4 rings (SSSR count). The van der Waals surface area contributed by atoms with Crippen LogP contribution >= 0.6 is 0 Å². The minimum absolute atomic E-state index is 0.140. The molecule has 1 N–H and O–H groups in total. The number of carbonyl (C=O) groups is 1. The lowest BCUT2D eigenvalue weighted by molar-refractivity contribution is -0.116. The molecule has 0 aliphatic carbocycles. The number of para-hydroxylation sites is 1. The normalized spacial score (nSPS) is 15.8. The summed E-state index contributed by atoms with van der Waals surface area (Å²) in [7, 11) is -3.17. The van der Waals surface area contributed by atoms with Crippen LogP contribution in [0.5, 0.6) is 0 Å². The number of fused-ring (bicyclic) bond motifs is 1. The molecule has 2 aromatic carbocycles. The zero-order valence-corrected chi connectivity index (χ0v) is 17.5. The molecule has 6 nitrogen and oxygen atoms in total. The van der Waals surface area contributed by atoms with E-state index in [2.05, 4.69) is 34.3 Å². The van der Waals surface area contributed by atoms with E-state index in [1.54, 1.807) is 18.2 Å². The Morgan fingerprint density at radius 2 is 1.87 bits per heavy atom. The number of sulfonamides is 1. The topological polar surface area (TPSA) is 71.4 Å². The number of amides is 1. The molecular weight excluding hydrogens is 398 g/mol. The quantitative estimate of drug-likeness (QED) is 0.468. The van der Waals surface area contributed by atoms with Gasteiger partial charge in [-0.3, -0.25) is 9.10 Å². The SMILES string of the molecule is O=C(/C=C/c1ccc(N2CCCS2(=O)=O)cc1)NCCCn1ccc2ccccc21. The van der Waals surface area contributed by atoms with Gasteiger partial charge in [0.15, 0.2) is 0 Å². The Hall–Kier alpha value is -3.06. The first kappa shape index (κ1) is 20.2. The Kier molecular flexibility index (Phi) is 5.90. The van der Waals surface area contributed by atoms with Gasteiger partial charge in [0.1, 0.15) is 0 Å². The molecule has 2 heterocycles. The fourth-order valence-electron chi connectivity index (χ4n) is 3.71. The molecule has 0 spiro atoms. The summed E-state index contributed by atoms with van der Waals surface area (Å²) in [6.45, 7) is 1.97. The summed E-state index contributed by atoms with van der Waals surface area (Å²) in [5.74, 6) is 0.0635. The van der Waals surface area contributed by atoms with Crippen LogP contribution in [0.25, 0.3) is 17.0 Å². The van der Waals surface area contributed by atoms with Gasteiger partial charge in [0.25, 0.3) is 0 Å². The van der Waals surface area contributed by atoms with E-state index >= 15 is 0 Å². The van der Waals surface area contributed by atoms with E-state index in [0.717, 1.165) is 18.5 Å². The number of aromatic nitrogens is 1. The van der Waals surface area contributed by atoms with Crippen molar-refractivity contribution in [2.45, 2.75) is 19.4 Å². The molecule has 0 unspecified atom stereocenters. The van der Waals surface area contributed by atoms with Gasteiger partial charge < -0.3 is 9.88 Å². The van der Waals surface area contributed by atoms with Crippen molar-refractivity contribution in [2.75, 3.05) is 23.1 Å². The second-order valence-electron chi connectivity index (χ2n) is 7.38. The van der Waals surface area contributed by atoms with Crippen molar-refractivity contribution in [3.8, 4) is 0 Å². The van der Waals surface area contributed by atoms with Crippen LogP contribution in [0.3, 0.4) is 0 Å². The smallest absolute Gasteiger partial charge is 0.244 e. The van der Waals surface area contributed by atoms with Crippen molar-refractivity contribution in [1.82, 2.24) is 9.88 Å². The lowest BCUT2D eigenvalue weighted by atomic mass is 10.2. The van der Waals surface area contributed by atoms with Crippen LogP contribution in [-0.4, -0.2) is 37.7 Å². The second kappa shape index (κ2) is 8.75. The molecule has 30 heavy (non-hydrogen) atoms. The molecule has 0 radical (unpaired) electrons. The minimum Gasteiger partial charge on any atom is -0.352 e. The molecule has 1 fully saturated rings. The second-order valence-corrected chi connectivity index (χ2v) is 9.39. The molecule has 156 valence electrons. The lowest BCUT2D eigenvalue weighted by Crippen LogP contribution is -2.24. The Morgan fingerprint density at radius 3 is 2.63 bits per heavy atom. The van der Waals surface area contributed by atoms with Gasteiger partial charge in [-0.15, -0.1) is 0 Å². The predicted octanol–water partition coefficient (Wildman–Crippen LogP) is 3.40. The zero-order chi connectivity index (χ0) is 21.0. The fraction of sp³-hybridized carbons (Fsp3) is 0.261. The van der Waals surface area contributed by atoms with Crippen molar-refractivity contribution in [3.05, 3.63) is 72.4 Å². The van der Waals surface area contributed by atoms with E-state index in [1.165, 1.54) is 21.3 Å². The number of hydrogen-bond donors (Lipinski definition) is 1. The lowest BCUT2D eigenvalue weighted by Gasteiger charge is -2.16. The highest BCUT2D eigenvalue weighted by atomic mass is 32.2. The molecule has 1 amide bonds. The van der Waals surface area contributed by atoms with E-state index in [0.29, 0.717) is 25.2 Å². The van der Waals surface area contributed by atoms with Gasteiger partial charge in [-0.1, -0.05) is 30.3 Å². The predicted molar refractivity (Wildman–Crippen MR) is 121 cm³/mol. The summed E-state index contributed by atoms with van der Waals surface area (Å²) >= 11 is 0. The summed E-state index contributed by atoms with van der Waals surface area (Å²) in [5.41, 5.74) is 2.73. The molecule has 0 bridgehead atoms. The number of rotatable bonds is 7. The third kappa shape index (κ3) is 4.57. The van der Waals surface area contributed by atoms with Crippen molar-refractivity contribution in [1.29, 1.82) is 0 Å². The molecule has 1 aromatic heterocycles. The van der Waals surface area contributed by atoms with Crippen molar-refractivity contribution >= 4 is 38.6 Å². The minimum atomic E-state index is -3.17. The van der Waals surface area contributed by atoms with Gasteiger partial charge in [-0.25, -0.2) is 8.42 Å². The van der Waals surface area contributed by atoms with Crippen LogP contribution in [-0.2, 0) is 21.4 Å². The Balaban J connectivity index is 1.25. The Morgan fingerprint density at radius 1 is 1.07 bits per heavy atom.